The van der Waals surface area contributed by atoms with Crippen LogP contribution in [-0.2, 0) is 57.1 Å². The molecule has 8 saturated carbocycles. The molecule has 20 heteroatoms. The number of ether oxygens (including phenoxy) is 8. The van der Waals surface area contributed by atoms with Gasteiger partial charge in [0.15, 0.2) is 0 Å². The lowest BCUT2D eigenvalue weighted by Gasteiger charge is -2.49. The average Bonchev–Trinajstić information content (AvgIpc) is 1.62. The second kappa shape index (κ2) is 55.2. The van der Waals surface area contributed by atoms with Gasteiger partial charge in [-0.05, 0) is 416 Å². The maximum atomic E-state index is 12.1. The number of amides is 4. The summed E-state index contributed by atoms with van der Waals surface area (Å²) >= 11 is 0. The van der Waals surface area contributed by atoms with Gasteiger partial charge in [-0.1, -0.05) is 131 Å². The fourth-order valence-corrected chi connectivity index (χ4v) is 28.8. The standard InChI is InChI=1S/2C15H26O2.2C14H25NO2.2C14H24O2.2C13H23NO2.CH4/c2*1-4-17-15(16)14-11-6-5-7-12(14)9-13(8-11)10(2)3;2*1-4-17-14(16)15-12-6-5-7-13(15)9-11(8-12)10(2)3;2*1-4-16-14(15)13-10-5-6-11(13)8-12(7-10)9(2)3;2*1-4-16-13(15)14-11-5-6-12(14)8-10(7-11)9(2)3;/h2*10-14H,4-9H2,1-3H3;2*10-13H,4-9H2,1-3H3;2*9-13H,4-8H2,1-3H3;2*9-12H,4-8H2,1-3H3;1H4. The van der Waals surface area contributed by atoms with Crippen molar-refractivity contribution in [3.8, 4) is 0 Å². The first kappa shape index (κ1) is 113. The molecular formula is C113H200N4O16. The van der Waals surface area contributed by atoms with Crippen LogP contribution >= 0.6 is 0 Å². The largest absolute Gasteiger partial charge is 0.466 e. The van der Waals surface area contributed by atoms with Gasteiger partial charge in [0.2, 0.25) is 0 Å². The van der Waals surface area contributed by atoms with E-state index in [2.05, 4.69) is 111 Å². The zero-order valence-electron chi connectivity index (χ0n) is 88.2. The smallest absolute Gasteiger partial charge is 0.410 e. The monoisotopic (exact) mass is 1870 g/mol. The molecule has 8 saturated heterocycles. The third kappa shape index (κ3) is 30.5. The van der Waals surface area contributed by atoms with E-state index in [0.29, 0.717) is 149 Å². The van der Waals surface area contributed by atoms with E-state index in [1.807, 2.05) is 75.0 Å². The zero-order chi connectivity index (χ0) is 96.5. The van der Waals surface area contributed by atoms with Crippen LogP contribution in [0.5, 0.6) is 0 Å². The van der Waals surface area contributed by atoms with Crippen LogP contribution in [-0.4, -0.2) is 169 Å². The molecule has 8 aliphatic heterocycles. The van der Waals surface area contributed by atoms with E-state index in [4.69, 9.17) is 37.9 Å². The topological polar surface area (TPSA) is 223 Å². The van der Waals surface area contributed by atoms with E-state index in [0.717, 1.165) is 94.7 Å². The Bertz CT molecular complexity index is 2920. The highest BCUT2D eigenvalue weighted by Gasteiger charge is 2.53. The van der Waals surface area contributed by atoms with Crippen molar-refractivity contribution in [1.82, 2.24) is 19.6 Å². The number of fused-ring (bicyclic) bond motifs is 16. The molecule has 20 nitrogen and oxygen atoms in total. The van der Waals surface area contributed by atoms with E-state index in [-0.39, 0.29) is 79.3 Å². The number of esters is 4. The van der Waals surface area contributed by atoms with Crippen LogP contribution in [0, 0.1) is 166 Å². The van der Waals surface area contributed by atoms with Crippen molar-refractivity contribution >= 4 is 48.3 Å². The predicted octanol–water partition coefficient (Wildman–Crippen LogP) is 27.4. The first-order chi connectivity index (χ1) is 63.0. The second-order valence-electron chi connectivity index (χ2n) is 46.7. The third-order valence-electron chi connectivity index (χ3n) is 36.3. The van der Waals surface area contributed by atoms with E-state index in [1.54, 1.807) is 0 Å². The van der Waals surface area contributed by atoms with Gasteiger partial charge >= 0.3 is 48.3 Å². The molecule has 0 aromatic rings. The van der Waals surface area contributed by atoms with Gasteiger partial charge in [0.05, 0.1) is 76.5 Å². The van der Waals surface area contributed by atoms with Gasteiger partial charge in [-0.3, -0.25) is 19.2 Å². The maximum Gasteiger partial charge on any atom is 0.410 e. The molecule has 16 atom stereocenters. The lowest BCUT2D eigenvalue weighted by molar-refractivity contribution is -0.158. The molecule has 0 aromatic heterocycles. The van der Waals surface area contributed by atoms with Gasteiger partial charge in [-0.25, -0.2) is 19.2 Å². The van der Waals surface area contributed by atoms with Gasteiger partial charge in [-0.15, -0.1) is 0 Å². The molecule has 16 aliphatic rings. The molecule has 8 heterocycles. The Labute approximate surface area is 811 Å². The van der Waals surface area contributed by atoms with Gasteiger partial charge < -0.3 is 57.5 Å². The van der Waals surface area contributed by atoms with Crippen LogP contribution in [0.2, 0.25) is 0 Å². The van der Waals surface area contributed by atoms with E-state index in [1.165, 1.54) is 231 Å². The molecule has 768 valence electrons. The summed E-state index contributed by atoms with van der Waals surface area (Å²) in [6.45, 7) is 56.2. The summed E-state index contributed by atoms with van der Waals surface area (Å²) in [5.74, 6) is 18.7. The predicted molar refractivity (Wildman–Crippen MR) is 534 cm³/mol. The van der Waals surface area contributed by atoms with Gasteiger partial charge in [0.1, 0.15) is 0 Å². The first-order valence-corrected chi connectivity index (χ1v) is 55.5. The highest BCUT2D eigenvalue weighted by atomic mass is 16.6. The van der Waals surface area contributed by atoms with Gasteiger partial charge in [0, 0.05) is 48.3 Å². The summed E-state index contributed by atoms with van der Waals surface area (Å²) in [7, 11) is 0. The van der Waals surface area contributed by atoms with Crippen LogP contribution in [0.3, 0.4) is 0 Å². The molecule has 8 aliphatic carbocycles. The van der Waals surface area contributed by atoms with Crippen molar-refractivity contribution < 1.29 is 76.3 Å². The first-order valence-electron chi connectivity index (χ1n) is 55.5. The van der Waals surface area contributed by atoms with Crippen molar-refractivity contribution in [1.29, 1.82) is 0 Å². The molecule has 16 rings (SSSR count). The lowest BCUT2D eigenvalue weighted by atomic mass is 9.59. The molecule has 0 aromatic carbocycles. The zero-order valence-corrected chi connectivity index (χ0v) is 88.2. The number of hydrogen-bond donors (Lipinski definition) is 0. The summed E-state index contributed by atoms with van der Waals surface area (Å²) in [5.41, 5.74) is 0. The Hall–Kier alpha value is -5.04. The van der Waals surface area contributed by atoms with Crippen LogP contribution < -0.4 is 0 Å². The Kier molecular flexibility index (Phi) is 47.0. The van der Waals surface area contributed by atoms with Gasteiger partial charge in [-0.2, -0.15) is 0 Å². The summed E-state index contributed by atoms with van der Waals surface area (Å²) < 4.78 is 41.7. The van der Waals surface area contributed by atoms with Crippen molar-refractivity contribution in [3.63, 3.8) is 0 Å². The molecule has 133 heavy (non-hydrogen) atoms. The number of hydrogen-bond acceptors (Lipinski definition) is 16. The van der Waals surface area contributed by atoms with Crippen molar-refractivity contribution in [2.24, 2.45) is 166 Å². The van der Waals surface area contributed by atoms with Gasteiger partial charge in [0.25, 0.3) is 0 Å². The number of piperidine rings is 6. The summed E-state index contributed by atoms with van der Waals surface area (Å²) in [4.78, 5) is 104. The van der Waals surface area contributed by atoms with Crippen LogP contribution in [0.4, 0.5) is 19.2 Å². The Balaban J connectivity index is 0.000000187. The molecule has 16 unspecified atom stereocenters. The van der Waals surface area contributed by atoms with Crippen LogP contribution in [0.25, 0.3) is 0 Å². The SMILES string of the molecule is C.CCOC(=O)C1C2CCC1CC(C(C)C)C2.CCOC(=O)C1C2CCC1CC(C(C)C)C2.CCOC(=O)C1C2CCCC1CC(C(C)C)C2.CCOC(=O)C1C2CCCC1CC(C(C)C)C2.CCOC(=O)N1C2CCC1CC(C(C)C)C2.CCOC(=O)N1C2CCC1CC(C(C)C)C2.CCOC(=O)N1C2CCCC1CC(C(C)C)C2.CCOC(=O)N1C2CCCC1CC(C(C)C)C2. The van der Waals surface area contributed by atoms with E-state index >= 15 is 0 Å². The lowest BCUT2D eigenvalue weighted by Crippen LogP contribution is -2.55. The molecule has 0 radical (unpaired) electrons. The van der Waals surface area contributed by atoms with Crippen LogP contribution in [0.15, 0.2) is 0 Å². The maximum absolute atomic E-state index is 12.1. The molecule has 16 fully saturated rings. The molecule has 16 bridgehead atoms. The Morgan fingerprint density at radius 1 is 0.195 bits per heavy atom. The second-order valence-corrected chi connectivity index (χ2v) is 46.7. The van der Waals surface area contributed by atoms with E-state index < -0.39 is 0 Å². The summed E-state index contributed by atoms with van der Waals surface area (Å²) in [5, 5.41) is 0. The average molecular weight is 1870 g/mol. The Morgan fingerprint density at radius 2 is 0.331 bits per heavy atom. The molecule has 0 N–H and O–H groups in total. The minimum absolute atomic E-state index is 0. The van der Waals surface area contributed by atoms with Crippen molar-refractivity contribution in [2.45, 2.75) is 453 Å². The fourth-order valence-electron chi connectivity index (χ4n) is 28.8. The highest BCUT2D eigenvalue weighted by Crippen LogP contribution is 2.56. The summed E-state index contributed by atoms with van der Waals surface area (Å²) in [6.07, 6.45) is 43.5. The number of carbonyl (C=O) groups is 8. The minimum Gasteiger partial charge on any atom is -0.466 e. The number of nitrogens with zero attached hydrogens (tertiary/aromatic N) is 4. The quantitative estimate of drug-likeness (QED) is 0.0816. The fraction of sp³-hybridized carbons (Fsp3) is 0.929. The van der Waals surface area contributed by atoms with Crippen molar-refractivity contribution in [2.75, 3.05) is 52.9 Å². The number of carbonyl (C=O) groups excluding carboxylic acids is 8. The molecular weight excluding hydrogens is 1670 g/mol. The Morgan fingerprint density at radius 3 is 0.481 bits per heavy atom. The third-order valence-corrected chi connectivity index (χ3v) is 36.3. The molecule has 0 spiro atoms. The van der Waals surface area contributed by atoms with Crippen molar-refractivity contribution in [3.05, 3.63) is 0 Å². The minimum atomic E-state index is -0.0859. The highest BCUT2D eigenvalue weighted by molar-refractivity contribution is 5.76. The normalized spacial score (nSPS) is 34.9. The van der Waals surface area contributed by atoms with Crippen LogP contribution in [0.1, 0.15) is 405 Å². The molecule has 4 amide bonds. The van der Waals surface area contributed by atoms with E-state index in [9.17, 15) is 38.4 Å². The summed E-state index contributed by atoms with van der Waals surface area (Å²) in [6, 6.07) is 3.55. The number of rotatable bonds is 20.